The Bertz CT molecular complexity index is 2460. The highest BCUT2D eigenvalue weighted by Gasteiger charge is 2.50. The summed E-state index contributed by atoms with van der Waals surface area (Å²) >= 11 is 0. The van der Waals surface area contributed by atoms with Crippen molar-refractivity contribution in [3.63, 3.8) is 0 Å². The molecule has 0 N–H and O–H groups in total. The summed E-state index contributed by atoms with van der Waals surface area (Å²) in [4.78, 5) is 5.14. The quantitative estimate of drug-likeness (QED) is 0.129. The SMILES string of the molecule is C=C(/C=C(\N=C(/C)c1ccc(-c2ccc3c(c2)Oc2ccccc2C32c3ccccc3-c3ccccc32)cc1)c1ccccc1)c1ccccc1. The van der Waals surface area contributed by atoms with Crippen LogP contribution in [0, 0.1) is 0 Å². The van der Waals surface area contributed by atoms with Crippen LogP contribution >= 0.6 is 0 Å². The van der Waals surface area contributed by atoms with Gasteiger partial charge >= 0.3 is 0 Å². The fourth-order valence-corrected chi connectivity index (χ4v) is 7.88. The molecule has 7 aromatic carbocycles. The first kappa shape index (κ1) is 30.5. The lowest BCUT2D eigenvalue weighted by atomic mass is 9.66. The van der Waals surface area contributed by atoms with Crippen LogP contribution in [0.4, 0.5) is 0 Å². The Morgan fingerprint density at radius 3 is 1.71 bits per heavy atom. The van der Waals surface area contributed by atoms with Crippen molar-refractivity contribution in [1.82, 2.24) is 0 Å². The van der Waals surface area contributed by atoms with E-state index >= 15 is 0 Å². The lowest BCUT2D eigenvalue weighted by molar-refractivity contribution is 0.436. The fraction of sp³-hybridized carbons (Fsp3) is 0.0408. The molecule has 51 heavy (non-hydrogen) atoms. The molecule has 1 spiro atoms. The number of benzene rings is 7. The molecule has 2 heteroatoms. The normalized spacial score (nSPS) is 13.8. The van der Waals surface area contributed by atoms with E-state index in [2.05, 4.69) is 159 Å². The van der Waals surface area contributed by atoms with Gasteiger partial charge in [-0.1, -0.05) is 170 Å². The van der Waals surface area contributed by atoms with Crippen molar-refractivity contribution < 1.29 is 4.74 Å². The summed E-state index contributed by atoms with van der Waals surface area (Å²) in [6.45, 7) is 6.42. The molecule has 7 aromatic rings. The predicted octanol–water partition coefficient (Wildman–Crippen LogP) is 12.4. The van der Waals surface area contributed by atoms with Crippen LogP contribution in [0.1, 0.15) is 45.9 Å². The minimum Gasteiger partial charge on any atom is -0.457 e. The van der Waals surface area contributed by atoms with Gasteiger partial charge in [0.05, 0.1) is 11.1 Å². The van der Waals surface area contributed by atoms with Crippen LogP contribution < -0.4 is 4.74 Å². The van der Waals surface area contributed by atoms with Gasteiger partial charge in [0.1, 0.15) is 11.5 Å². The highest BCUT2D eigenvalue weighted by Crippen LogP contribution is 2.62. The van der Waals surface area contributed by atoms with Gasteiger partial charge in [0.2, 0.25) is 0 Å². The largest absolute Gasteiger partial charge is 0.457 e. The second-order valence-electron chi connectivity index (χ2n) is 13.2. The average molecular weight is 654 g/mol. The van der Waals surface area contributed by atoms with Gasteiger partial charge in [-0.25, -0.2) is 0 Å². The zero-order valence-corrected chi connectivity index (χ0v) is 28.4. The molecule has 2 aliphatic rings. The highest BCUT2D eigenvalue weighted by molar-refractivity contribution is 6.03. The Hall–Kier alpha value is -6.51. The van der Waals surface area contributed by atoms with Crippen molar-refractivity contribution in [3.8, 4) is 33.8 Å². The van der Waals surface area contributed by atoms with Crippen LogP contribution in [0.5, 0.6) is 11.5 Å². The number of hydrogen-bond donors (Lipinski definition) is 0. The molecule has 0 fully saturated rings. The number of fused-ring (bicyclic) bond motifs is 9. The van der Waals surface area contributed by atoms with E-state index in [1.807, 2.05) is 36.4 Å². The lowest BCUT2D eigenvalue weighted by Crippen LogP contribution is -2.32. The van der Waals surface area contributed by atoms with E-state index in [1.165, 1.54) is 33.4 Å². The van der Waals surface area contributed by atoms with Crippen molar-refractivity contribution in [1.29, 1.82) is 0 Å². The molecule has 0 amide bonds. The van der Waals surface area contributed by atoms with E-state index in [1.54, 1.807) is 0 Å². The van der Waals surface area contributed by atoms with Crippen molar-refractivity contribution in [2.45, 2.75) is 12.3 Å². The van der Waals surface area contributed by atoms with Gasteiger partial charge in [0.25, 0.3) is 0 Å². The topological polar surface area (TPSA) is 21.6 Å². The Morgan fingerprint density at radius 1 is 0.510 bits per heavy atom. The average Bonchev–Trinajstić information content (AvgIpc) is 3.49. The van der Waals surface area contributed by atoms with Crippen LogP contribution in [-0.4, -0.2) is 5.71 Å². The van der Waals surface area contributed by atoms with Gasteiger partial charge in [0.15, 0.2) is 0 Å². The monoisotopic (exact) mass is 653 g/mol. The second kappa shape index (κ2) is 12.4. The summed E-state index contributed by atoms with van der Waals surface area (Å²) in [5, 5.41) is 0. The number of ether oxygens (including phenoxy) is 1. The van der Waals surface area contributed by atoms with Gasteiger partial charge in [0, 0.05) is 22.4 Å². The number of hydrogen-bond acceptors (Lipinski definition) is 2. The molecule has 0 atom stereocenters. The lowest BCUT2D eigenvalue weighted by Gasteiger charge is -2.39. The number of aliphatic imine (C=N–C) groups is 1. The Labute approximate surface area is 299 Å². The summed E-state index contributed by atoms with van der Waals surface area (Å²) in [6.07, 6.45) is 2.07. The van der Waals surface area contributed by atoms with Crippen molar-refractivity contribution in [2.75, 3.05) is 0 Å². The summed E-state index contributed by atoms with van der Waals surface area (Å²) in [5.41, 5.74) is 15.2. The van der Waals surface area contributed by atoms with Crippen LogP contribution in [-0.2, 0) is 5.41 Å². The van der Waals surface area contributed by atoms with E-state index in [0.29, 0.717) is 0 Å². The summed E-state index contributed by atoms with van der Waals surface area (Å²) < 4.78 is 6.74. The zero-order chi connectivity index (χ0) is 34.4. The smallest absolute Gasteiger partial charge is 0.132 e. The summed E-state index contributed by atoms with van der Waals surface area (Å²) in [7, 11) is 0. The molecule has 242 valence electrons. The number of rotatable bonds is 6. The van der Waals surface area contributed by atoms with Gasteiger partial charge in [-0.3, -0.25) is 4.99 Å². The van der Waals surface area contributed by atoms with Crippen LogP contribution in [0.25, 0.3) is 33.5 Å². The van der Waals surface area contributed by atoms with Crippen molar-refractivity contribution in [3.05, 3.63) is 228 Å². The first-order valence-electron chi connectivity index (χ1n) is 17.4. The maximum absolute atomic E-state index is 6.74. The van der Waals surface area contributed by atoms with E-state index in [0.717, 1.165) is 56.3 Å². The Kier molecular flexibility index (Phi) is 7.44. The molecule has 1 aliphatic heterocycles. The second-order valence-corrected chi connectivity index (χ2v) is 13.2. The molecule has 2 nitrogen and oxygen atoms in total. The van der Waals surface area contributed by atoms with Crippen LogP contribution in [0.15, 0.2) is 194 Å². The molecule has 0 radical (unpaired) electrons. The Morgan fingerprint density at radius 2 is 1.04 bits per heavy atom. The van der Waals surface area contributed by atoms with Gasteiger partial charge in [-0.2, -0.15) is 0 Å². The molecular weight excluding hydrogens is 619 g/mol. The number of para-hydroxylation sites is 1. The molecule has 9 rings (SSSR count). The minimum atomic E-state index is -0.455. The number of allylic oxidation sites excluding steroid dienone is 2. The van der Waals surface area contributed by atoms with E-state index in [9.17, 15) is 0 Å². The van der Waals surface area contributed by atoms with E-state index < -0.39 is 5.41 Å². The molecular formula is C49H35NO. The Balaban J connectivity index is 1.09. The van der Waals surface area contributed by atoms with Gasteiger partial charge in [-0.05, 0) is 75.2 Å². The zero-order valence-electron chi connectivity index (χ0n) is 28.4. The standard InChI is InChI=1S/C49H35NO/c1-33(35-15-5-3-6-16-35)31-46(38-17-7-4-8-18-38)50-34(2)36-25-27-37(28-26-36)39-29-30-45-48(32-39)51-47-24-14-13-23-44(47)49(45)42-21-11-9-19-40(42)41-20-10-12-22-43(41)49/h3-32H,1H2,2H3/b46-31-,50-34+. The fourth-order valence-electron chi connectivity index (χ4n) is 7.88. The van der Waals surface area contributed by atoms with Crippen molar-refractivity contribution >= 4 is 17.0 Å². The predicted molar refractivity (Wildman–Crippen MR) is 211 cm³/mol. The maximum Gasteiger partial charge on any atom is 0.132 e. The molecule has 1 aliphatic carbocycles. The molecule has 0 saturated heterocycles. The van der Waals surface area contributed by atoms with Gasteiger partial charge in [-0.15, -0.1) is 0 Å². The third kappa shape index (κ3) is 5.07. The molecule has 0 aromatic heterocycles. The van der Waals surface area contributed by atoms with Crippen LogP contribution in [0.3, 0.4) is 0 Å². The molecule has 0 unspecified atom stereocenters. The minimum absolute atomic E-state index is 0.455. The maximum atomic E-state index is 6.74. The van der Waals surface area contributed by atoms with E-state index in [-0.39, 0.29) is 0 Å². The molecule has 1 heterocycles. The third-order valence-corrected chi connectivity index (χ3v) is 10.3. The summed E-state index contributed by atoms with van der Waals surface area (Å²) in [5.74, 6) is 1.78. The molecule has 0 saturated carbocycles. The summed E-state index contributed by atoms with van der Waals surface area (Å²) in [6, 6.07) is 62.1. The highest BCUT2D eigenvalue weighted by atomic mass is 16.5. The number of nitrogens with zero attached hydrogens (tertiary/aromatic N) is 1. The third-order valence-electron chi connectivity index (χ3n) is 10.3. The molecule has 0 bridgehead atoms. The van der Waals surface area contributed by atoms with E-state index in [4.69, 9.17) is 9.73 Å². The first-order valence-corrected chi connectivity index (χ1v) is 17.4. The van der Waals surface area contributed by atoms with Crippen molar-refractivity contribution in [2.24, 2.45) is 4.99 Å². The van der Waals surface area contributed by atoms with Crippen LogP contribution in [0.2, 0.25) is 0 Å². The van der Waals surface area contributed by atoms with Gasteiger partial charge < -0.3 is 4.74 Å². The first-order chi connectivity index (χ1) is 25.1.